The molecule has 4 nitrogen and oxygen atoms in total. The number of nitrogens with one attached hydrogen (secondary N) is 1. The van der Waals surface area contributed by atoms with Crippen LogP contribution in [0.5, 0.6) is 0 Å². The van der Waals surface area contributed by atoms with Crippen molar-refractivity contribution in [3.05, 3.63) is 22.9 Å². The second-order valence-corrected chi connectivity index (χ2v) is 4.96. The topological polar surface area (TPSA) is 57.9 Å². The average Bonchev–Trinajstić information content (AvgIpc) is 2.44. The van der Waals surface area contributed by atoms with Crippen LogP contribution in [0, 0.1) is 11.3 Å². The first kappa shape index (κ1) is 13.8. The summed E-state index contributed by atoms with van der Waals surface area (Å²) in [4.78, 5) is 4.63. The molecule has 0 spiro atoms. The molecule has 0 aliphatic heterocycles. The molecule has 1 aliphatic carbocycles. The van der Waals surface area contributed by atoms with E-state index in [-0.39, 0.29) is 6.10 Å². The van der Waals surface area contributed by atoms with Crippen LogP contribution in [-0.2, 0) is 17.6 Å². The number of pyridine rings is 1. The van der Waals surface area contributed by atoms with Gasteiger partial charge in [0.2, 0.25) is 0 Å². The standard InChI is InChI=1S/C15H21N3O/c1-3-19-11(2)10-17-15-13(9-16)8-12-6-4-5-7-14(12)18-15/h8,11H,3-7,10H2,1-2H3,(H,17,18). The summed E-state index contributed by atoms with van der Waals surface area (Å²) in [7, 11) is 0. The lowest BCUT2D eigenvalue weighted by molar-refractivity contribution is 0.0855. The number of anilines is 1. The van der Waals surface area contributed by atoms with Gasteiger partial charge in [0.05, 0.1) is 11.7 Å². The minimum atomic E-state index is 0.120. The highest BCUT2D eigenvalue weighted by atomic mass is 16.5. The third kappa shape index (κ3) is 3.45. The van der Waals surface area contributed by atoms with E-state index in [2.05, 4.69) is 16.4 Å². The van der Waals surface area contributed by atoms with E-state index in [1.165, 1.54) is 18.4 Å². The summed E-state index contributed by atoms with van der Waals surface area (Å²) in [6.07, 6.45) is 4.59. The zero-order valence-corrected chi connectivity index (χ0v) is 11.7. The van der Waals surface area contributed by atoms with Crippen LogP contribution < -0.4 is 5.32 Å². The normalized spacial score (nSPS) is 15.4. The van der Waals surface area contributed by atoms with E-state index in [4.69, 9.17) is 4.74 Å². The van der Waals surface area contributed by atoms with Gasteiger partial charge in [-0.2, -0.15) is 5.26 Å². The largest absolute Gasteiger partial charge is 0.377 e. The number of aromatic nitrogens is 1. The summed E-state index contributed by atoms with van der Waals surface area (Å²) in [5.74, 6) is 0.703. The molecule has 1 atom stereocenters. The predicted molar refractivity (Wildman–Crippen MR) is 75.2 cm³/mol. The van der Waals surface area contributed by atoms with E-state index in [9.17, 15) is 5.26 Å². The Kier molecular flexibility index (Phi) is 4.75. The molecule has 0 fully saturated rings. The van der Waals surface area contributed by atoms with Crippen LogP contribution in [0.25, 0.3) is 0 Å². The molecule has 0 saturated heterocycles. The second-order valence-electron chi connectivity index (χ2n) is 4.96. The lowest BCUT2D eigenvalue weighted by Gasteiger charge is -2.18. The van der Waals surface area contributed by atoms with E-state index < -0.39 is 0 Å². The van der Waals surface area contributed by atoms with Gasteiger partial charge in [0.1, 0.15) is 11.9 Å². The second kappa shape index (κ2) is 6.53. The summed E-state index contributed by atoms with van der Waals surface area (Å²) in [6.45, 7) is 5.37. The third-order valence-corrected chi connectivity index (χ3v) is 3.43. The van der Waals surface area contributed by atoms with E-state index in [1.54, 1.807) is 0 Å². The zero-order valence-electron chi connectivity index (χ0n) is 11.7. The van der Waals surface area contributed by atoms with Gasteiger partial charge < -0.3 is 10.1 Å². The molecule has 102 valence electrons. The molecular weight excluding hydrogens is 238 g/mol. The summed E-state index contributed by atoms with van der Waals surface area (Å²) >= 11 is 0. The predicted octanol–water partition coefficient (Wildman–Crippen LogP) is 2.67. The molecule has 1 aromatic rings. The fourth-order valence-corrected chi connectivity index (χ4v) is 2.44. The number of ether oxygens (including phenoxy) is 1. The Morgan fingerprint density at radius 2 is 2.26 bits per heavy atom. The smallest absolute Gasteiger partial charge is 0.144 e. The quantitative estimate of drug-likeness (QED) is 0.883. The van der Waals surface area contributed by atoms with Crippen molar-refractivity contribution in [3.8, 4) is 6.07 Å². The van der Waals surface area contributed by atoms with Gasteiger partial charge in [0.25, 0.3) is 0 Å². The number of nitrogens with zero attached hydrogens (tertiary/aromatic N) is 2. The summed E-state index contributed by atoms with van der Waals surface area (Å²) in [6, 6.07) is 4.23. The van der Waals surface area contributed by atoms with Gasteiger partial charge in [-0.1, -0.05) is 0 Å². The Morgan fingerprint density at radius 3 is 3.00 bits per heavy atom. The zero-order chi connectivity index (χ0) is 13.7. The lowest BCUT2D eigenvalue weighted by Crippen LogP contribution is -2.21. The molecule has 0 radical (unpaired) electrons. The van der Waals surface area contributed by atoms with Gasteiger partial charge in [-0.3, -0.25) is 0 Å². The van der Waals surface area contributed by atoms with Crippen molar-refractivity contribution in [2.45, 2.75) is 45.6 Å². The Morgan fingerprint density at radius 1 is 1.47 bits per heavy atom. The number of aryl methyl sites for hydroxylation is 2. The number of nitriles is 1. The van der Waals surface area contributed by atoms with Crippen LogP contribution in [0.15, 0.2) is 6.07 Å². The fraction of sp³-hybridized carbons (Fsp3) is 0.600. The van der Waals surface area contributed by atoms with Crippen molar-refractivity contribution in [2.75, 3.05) is 18.5 Å². The summed E-state index contributed by atoms with van der Waals surface area (Å²) in [5.41, 5.74) is 3.03. The highest BCUT2D eigenvalue weighted by molar-refractivity contribution is 5.54. The molecule has 1 aromatic heterocycles. The monoisotopic (exact) mass is 259 g/mol. The third-order valence-electron chi connectivity index (χ3n) is 3.43. The molecule has 0 saturated carbocycles. The van der Waals surface area contributed by atoms with Gasteiger partial charge in [-0.15, -0.1) is 0 Å². The average molecular weight is 259 g/mol. The molecular formula is C15H21N3O. The van der Waals surface area contributed by atoms with Gasteiger partial charge in [0.15, 0.2) is 0 Å². The Labute approximate surface area is 114 Å². The SMILES string of the molecule is CCOC(C)CNc1nc2c(cc1C#N)CCCC2. The van der Waals surface area contributed by atoms with Crippen LogP contribution >= 0.6 is 0 Å². The van der Waals surface area contributed by atoms with Gasteiger partial charge in [-0.25, -0.2) is 4.98 Å². The maximum absolute atomic E-state index is 9.23. The van der Waals surface area contributed by atoms with Crippen LogP contribution in [0.2, 0.25) is 0 Å². The Balaban J connectivity index is 2.13. The van der Waals surface area contributed by atoms with Crippen LogP contribution in [0.4, 0.5) is 5.82 Å². The minimum Gasteiger partial charge on any atom is -0.377 e. The van der Waals surface area contributed by atoms with E-state index >= 15 is 0 Å². The van der Waals surface area contributed by atoms with Crippen molar-refractivity contribution < 1.29 is 4.74 Å². The van der Waals surface area contributed by atoms with Crippen LogP contribution in [0.3, 0.4) is 0 Å². The van der Waals surface area contributed by atoms with E-state index in [1.807, 2.05) is 19.9 Å². The van der Waals surface area contributed by atoms with E-state index in [0.29, 0.717) is 24.5 Å². The van der Waals surface area contributed by atoms with Gasteiger partial charge >= 0.3 is 0 Å². The number of fused-ring (bicyclic) bond motifs is 1. The van der Waals surface area contributed by atoms with Gasteiger partial charge in [-0.05, 0) is 51.2 Å². The van der Waals surface area contributed by atoms with Crippen LogP contribution in [-0.4, -0.2) is 24.2 Å². The first-order chi connectivity index (χ1) is 9.24. The van der Waals surface area contributed by atoms with Crippen molar-refractivity contribution in [1.82, 2.24) is 4.98 Å². The molecule has 4 heteroatoms. The number of rotatable bonds is 5. The molecule has 2 rings (SSSR count). The van der Waals surface area contributed by atoms with Crippen molar-refractivity contribution in [3.63, 3.8) is 0 Å². The molecule has 1 N–H and O–H groups in total. The Bertz CT molecular complexity index is 479. The Hall–Kier alpha value is -1.60. The highest BCUT2D eigenvalue weighted by Crippen LogP contribution is 2.24. The number of hydrogen-bond acceptors (Lipinski definition) is 4. The first-order valence-electron chi connectivity index (χ1n) is 7.03. The maximum Gasteiger partial charge on any atom is 0.144 e. The van der Waals surface area contributed by atoms with Crippen molar-refractivity contribution in [2.24, 2.45) is 0 Å². The van der Waals surface area contributed by atoms with E-state index in [0.717, 1.165) is 18.5 Å². The summed E-state index contributed by atoms with van der Waals surface area (Å²) in [5, 5.41) is 12.5. The molecule has 19 heavy (non-hydrogen) atoms. The molecule has 1 heterocycles. The summed E-state index contributed by atoms with van der Waals surface area (Å²) < 4.78 is 5.48. The lowest BCUT2D eigenvalue weighted by atomic mass is 9.95. The minimum absolute atomic E-state index is 0.120. The van der Waals surface area contributed by atoms with Crippen molar-refractivity contribution in [1.29, 1.82) is 5.26 Å². The van der Waals surface area contributed by atoms with Crippen molar-refractivity contribution >= 4 is 5.82 Å². The highest BCUT2D eigenvalue weighted by Gasteiger charge is 2.15. The van der Waals surface area contributed by atoms with Gasteiger partial charge in [0, 0.05) is 18.8 Å². The molecule has 1 unspecified atom stereocenters. The maximum atomic E-state index is 9.23. The molecule has 0 bridgehead atoms. The fourth-order valence-electron chi connectivity index (χ4n) is 2.44. The molecule has 1 aliphatic rings. The van der Waals surface area contributed by atoms with Crippen LogP contribution in [0.1, 0.15) is 43.5 Å². The number of hydrogen-bond donors (Lipinski definition) is 1. The molecule has 0 aromatic carbocycles. The first-order valence-corrected chi connectivity index (χ1v) is 7.03. The molecule has 0 amide bonds.